The van der Waals surface area contributed by atoms with Crippen LogP contribution in [0, 0.1) is 0 Å². The van der Waals surface area contributed by atoms with Crippen molar-refractivity contribution in [2.75, 3.05) is 23.9 Å². The van der Waals surface area contributed by atoms with Gasteiger partial charge in [0.05, 0.1) is 12.8 Å². The van der Waals surface area contributed by atoms with Crippen molar-refractivity contribution in [3.05, 3.63) is 18.3 Å². The SMILES string of the molecule is COc1ncccc1N[C@H]1CCSC1. The van der Waals surface area contributed by atoms with Crippen LogP contribution in [0.2, 0.25) is 0 Å². The molecule has 1 aliphatic rings. The Morgan fingerprint density at radius 2 is 2.57 bits per heavy atom. The van der Waals surface area contributed by atoms with Crippen LogP contribution in [0.15, 0.2) is 18.3 Å². The Morgan fingerprint density at radius 1 is 1.64 bits per heavy atom. The first-order valence-corrected chi connectivity index (χ1v) is 5.89. The van der Waals surface area contributed by atoms with Gasteiger partial charge >= 0.3 is 0 Å². The Labute approximate surface area is 88.3 Å². The molecule has 0 amide bonds. The summed E-state index contributed by atoms with van der Waals surface area (Å²) in [5, 5.41) is 3.45. The van der Waals surface area contributed by atoms with Crippen LogP contribution in [-0.2, 0) is 0 Å². The average Bonchev–Trinajstić information content (AvgIpc) is 2.71. The third-order valence-electron chi connectivity index (χ3n) is 2.25. The first-order chi connectivity index (χ1) is 6.90. The number of thioether (sulfide) groups is 1. The third-order valence-corrected chi connectivity index (χ3v) is 3.42. The number of hydrogen-bond donors (Lipinski definition) is 1. The molecule has 1 fully saturated rings. The van der Waals surface area contributed by atoms with Crippen LogP contribution in [0.3, 0.4) is 0 Å². The van der Waals surface area contributed by atoms with Crippen LogP contribution in [-0.4, -0.2) is 29.6 Å². The molecule has 76 valence electrons. The fourth-order valence-corrected chi connectivity index (χ4v) is 2.68. The second-order valence-electron chi connectivity index (χ2n) is 3.27. The van der Waals surface area contributed by atoms with Crippen molar-refractivity contribution in [1.82, 2.24) is 4.98 Å². The van der Waals surface area contributed by atoms with E-state index in [1.54, 1.807) is 13.3 Å². The van der Waals surface area contributed by atoms with Gasteiger partial charge in [0.15, 0.2) is 0 Å². The first kappa shape index (κ1) is 9.65. The summed E-state index contributed by atoms with van der Waals surface area (Å²) in [5.41, 5.74) is 1.00. The maximum atomic E-state index is 5.18. The van der Waals surface area contributed by atoms with Crippen LogP contribution in [0.4, 0.5) is 5.69 Å². The Balaban J connectivity index is 2.07. The molecule has 0 bridgehead atoms. The zero-order valence-electron chi connectivity index (χ0n) is 8.19. The molecule has 0 spiro atoms. The van der Waals surface area contributed by atoms with Crippen LogP contribution in [0.25, 0.3) is 0 Å². The van der Waals surface area contributed by atoms with Gasteiger partial charge in [0.2, 0.25) is 5.88 Å². The van der Waals surface area contributed by atoms with E-state index in [0.717, 1.165) is 5.69 Å². The second-order valence-corrected chi connectivity index (χ2v) is 4.41. The highest BCUT2D eigenvalue weighted by molar-refractivity contribution is 7.99. The molecule has 4 heteroatoms. The molecule has 14 heavy (non-hydrogen) atoms. The molecule has 3 nitrogen and oxygen atoms in total. The molecule has 1 aliphatic heterocycles. The molecular formula is C10H14N2OS. The summed E-state index contributed by atoms with van der Waals surface area (Å²) in [6, 6.07) is 4.50. The van der Waals surface area contributed by atoms with Gasteiger partial charge in [-0.3, -0.25) is 0 Å². The first-order valence-electron chi connectivity index (χ1n) is 4.73. The van der Waals surface area contributed by atoms with Gasteiger partial charge in [0.25, 0.3) is 0 Å². The van der Waals surface area contributed by atoms with E-state index in [-0.39, 0.29) is 0 Å². The van der Waals surface area contributed by atoms with Gasteiger partial charge < -0.3 is 10.1 Å². The van der Waals surface area contributed by atoms with E-state index in [4.69, 9.17) is 4.74 Å². The number of methoxy groups -OCH3 is 1. The summed E-state index contributed by atoms with van der Waals surface area (Å²) in [6.07, 6.45) is 2.97. The Morgan fingerprint density at radius 3 is 3.29 bits per heavy atom. The van der Waals surface area contributed by atoms with Crippen molar-refractivity contribution in [3.8, 4) is 5.88 Å². The van der Waals surface area contributed by atoms with Crippen molar-refractivity contribution < 1.29 is 4.74 Å². The highest BCUT2D eigenvalue weighted by atomic mass is 32.2. The van der Waals surface area contributed by atoms with E-state index < -0.39 is 0 Å². The molecule has 0 aliphatic carbocycles. The predicted molar refractivity (Wildman–Crippen MR) is 60.1 cm³/mol. The maximum Gasteiger partial charge on any atom is 0.237 e. The summed E-state index contributed by atoms with van der Waals surface area (Å²) < 4.78 is 5.18. The number of anilines is 1. The fourth-order valence-electron chi connectivity index (χ4n) is 1.53. The zero-order valence-corrected chi connectivity index (χ0v) is 9.01. The summed E-state index contributed by atoms with van der Waals surface area (Å²) in [7, 11) is 1.65. The van der Waals surface area contributed by atoms with Gasteiger partial charge in [-0.05, 0) is 24.3 Å². The van der Waals surface area contributed by atoms with E-state index in [9.17, 15) is 0 Å². The Kier molecular flexibility index (Phi) is 3.14. The molecule has 2 heterocycles. The molecule has 1 N–H and O–H groups in total. The van der Waals surface area contributed by atoms with Gasteiger partial charge in [-0.1, -0.05) is 0 Å². The van der Waals surface area contributed by atoms with Crippen molar-refractivity contribution in [2.24, 2.45) is 0 Å². The number of ether oxygens (including phenoxy) is 1. The standard InChI is InChI=1S/C10H14N2OS/c1-13-10-9(3-2-5-11-10)12-8-4-6-14-7-8/h2-3,5,8,12H,4,6-7H2,1H3/t8-/m0/s1. The molecule has 0 saturated carbocycles. The smallest absolute Gasteiger partial charge is 0.237 e. The van der Waals surface area contributed by atoms with Gasteiger partial charge in [-0.2, -0.15) is 11.8 Å². The number of nitrogens with zero attached hydrogens (tertiary/aromatic N) is 1. The van der Waals surface area contributed by atoms with E-state index in [2.05, 4.69) is 10.3 Å². The predicted octanol–water partition coefficient (Wildman–Crippen LogP) is 2.01. The monoisotopic (exact) mass is 210 g/mol. The highest BCUT2D eigenvalue weighted by Crippen LogP contribution is 2.25. The van der Waals surface area contributed by atoms with Crippen molar-refractivity contribution in [1.29, 1.82) is 0 Å². The maximum absolute atomic E-state index is 5.18. The lowest BCUT2D eigenvalue weighted by Crippen LogP contribution is -2.18. The Hall–Kier alpha value is -0.900. The summed E-state index contributed by atoms with van der Waals surface area (Å²) in [6.45, 7) is 0. The lowest BCUT2D eigenvalue weighted by atomic mass is 10.2. The van der Waals surface area contributed by atoms with E-state index in [1.165, 1.54) is 17.9 Å². The lowest BCUT2D eigenvalue weighted by molar-refractivity contribution is 0.399. The number of pyridine rings is 1. The number of aromatic nitrogens is 1. The fraction of sp³-hybridized carbons (Fsp3) is 0.500. The topological polar surface area (TPSA) is 34.1 Å². The van der Waals surface area contributed by atoms with Crippen LogP contribution >= 0.6 is 11.8 Å². The molecule has 0 unspecified atom stereocenters. The molecular weight excluding hydrogens is 196 g/mol. The molecule has 0 aromatic carbocycles. The Bertz CT molecular complexity index is 300. The molecule has 2 rings (SSSR count). The molecule has 1 atom stereocenters. The van der Waals surface area contributed by atoms with Crippen LogP contribution in [0.1, 0.15) is 6.42 Å². The third kappa shape index (κ3) is 2.12. The van der Waals surface area contributed by atoms with Crippen molar-refractivity contribution in [3.63, 3.8) is 0 Å². The van der Waals surface area contributed by atoms with Crippen LogP contribution < -0.4 is 10.1 Å². The van der Waals surface area contributed by atoms with Gasteiger partial charge in [-0.15, -0.1) is 0 Å². The van der Waals surface area contributed by atoms with E-state index >= 15 is 0 Å². The van der Waals surface area contributed by atoms with Gasteiger partial charge in [0.1, 0.15) is 0 Å². The summed E-state index contributed by atoms with van der Waals surface area (Å²) in [5.74, 6) is 3.11. The molecule has 1 aromatic rings. The highest BCUT2D eigenvalue weighted by Gasteiger charge is 2.16. The number of rotatable bonds is 3. The molecule has 1 saturated heterocycles. The summed E-state index contributed by atoms with van der Waals surface area (Å²) >= 11 is 1.99. The van der Waals surface area contributed by atoms with E-state index in [1.807, 2.05) is 23.9 Å². The van der Waals surface area contributed by atoms with Crippen molar-refractivity contribution in [2.45, 2.75) is 12.5 Å². The molecule has 1 aromatic heterocycles. The molecule has 0 radical (unpaired) electrons. The average molecular weight is 210 g/mol. The van der Waals surface area contributed by atoms with Gasteiger partial charge in [0, 0.05) is 18.0 Å². The summed E-state index contributed by atoms with van der Waals surface area (Å²) in [4.78, 5) is 4.15. The zero-order chi connectivity index (χ0) is 9.80. The van der Waals surface area contributed by atoms with Crippen molar-refractivity contribution >= 4 is 17.4 Å². The second kappa shape index (κ2) is 4.55. The normalized spacial score (nSPS) is 20.8. The largest absolute Gasteiger partial charge is 0.480 e. The number of hydrogen-bond acceptors (Lipinski definition) is 4. The number of nitrogens with one attached hydrogen (secondary N) is 1. The minimum atomic E-state index is 0.568. The van der Waals surface area contributed by atoms with E-state index in [0.29, 0.717) is 11.9 Å². The lowest BCUT2D eigenvalue weighted by Gasteiger charge is -2.14. The van der Waals surface area contributed by atoms with Gasteiger partial charge in [-0.25, -0.2) is 4.98 Å². The minimum absolute atomic E-state index is 0.568. The minimum Gasteiger partial charge on any atom is -0.480 e. The quantitative estimate of drug-likeness (QED) is 0.827. The van der Waals surface area contributed by atoms with Crippen LogP contribution in [0.5, 0.6) is 5.88 Å².